The lowest BCUT2D eigenvalue weighted by Gasteiger charge is -2.10. The van der Waals surface area contributed by atoms with Crippen LogP contribution in [0.5, 0.6) is 11.5 Å². The largest absolute Gasteiger partial charge is 0.493 e. The van der Waals surface area contributed by atoms with E-state index in [9.17, 15) is 4.79 Å². The van der Waals surface area contributed by atoms with Gasteiger partial charge >= 0.3 is 5.97 Å². The molecule has 1 aromatic rings. The van der Waals surface area contributed by atoms with Crippen molar-refractivity contribution in [1.82, 2.24) is 0 Å². The van der Waals surface area contributed by atoms with Gasteiger partial charge in [0.1, 0.15) is 4.83 Å². The van der Waals surface area contributed by atoms with Crippen LogP contribution in [0.4, 0.5) is 0 Å². The van der Waals surface area contributed by atoms with Crippen molar-refractivity contribution in [2.75, 3.05) is 7.11 Å². The Labute approximate surface area is 97.5 Å². The maximum Gasteiger partial charge on any atom is 0.325 e. The van der Waals surface area contributed by atoms with Crippen LogP contribution in [0.1, 0.15) is 13.3 Å². The molecule has 0 aliphatic heterocycles. The molecule has 0 radical (unpaired) electrons. The molecular weight excluding hydrogens is 260 g/mol. The summed E-state index contributed by atoms with van der Waals surface area (Å²) in [7, 11) is 1.54. The average molecular weight is 273 g/mol. The molecule has 0 amide bonds. The van der Waals surface area contributed by atoms with Gasteiger partial charge in [0.05, 0.1) is 7.11 Å². The minimum absolute atomic E-state index is 0.276. The predicted molar refractivity (Wildman–Crippen MR) is 61.6 cm³/mol. The number of hydrogen-bond donors (Lipinski definition) is 0. The van der Waals surface area contributed by atoms with Crippen molar-refractivity contribution in [3.8, 4) is 11.5 Å². The number of hydrogen-bond acceptors (Lipinski definition) is 3. The minimum atomic E-state index is -0.304. The monoisotopic (exact) mass is 272 g/mol. The van der Waals surface area contributed by atoms with Gasteiger partial charge in [-0.1, -0.05) is 35.0 Å². The molecule has 0 fully saturated rings. The molecule has 0 aliphatic rings. The molecule has 15 heavy (non-hydrogen) atoms. The maximum absolute atomic E-state index is 11.5. The van der Waals surface area contributed by atoms with Crippen LogP contribution in [-0.2, 0) is 4.79 Å². The molecule has 1 rings (SSSR count). The van der Waals surface area contributed by atoms with E-state index in [2.05, 4.69) is 15.9 Å². The lowest BCUT2D eigenvalue weighted by Crippen LogP contribution is -2.19. The van der Waals surface area contributed by atoms with E-state index in [0.717, 1.165) is 0 Å². The molecule has 0 aromatic heterocycles. The number of para-hydroxylation sites is 2. The van der Waals surface area contributed by atoms with Gasteiger partial charge in [-0.05, 0) is 18.6 Å². The second-order valence-corrected chi connectivity index (χ2v) is 4.05. The fourth-order valence-electron chi connectivity index (χ4n) is 1.04. The average Bonchev–Trinajstić information content (AvgIpc) is 2.28. The van der Waals surface area contributed by atoms with Crippen LogP contribution in [0.3, 0.4) is 0 Å². The first-order chi connectivity index (χ1) is 7.19. The van der Waals surface area contributed by atoms with Crippen molar-refractivity contribution in [3.63, 3.8) is 0 Å². The fraction of sp³-hybridized carbons (Fsp3) is 0.364. The highest BCUT2D eigenvalue weighted by Crippen LogP contribution is 2.26. The highest BCUT2D eigenvalue weighted by atomic mass is 79.9. The Balaban J connectivity index is 2.76. The van der Waals surface area contributed by atoms with E-state index in [1.807, 2.05) is 13.0 Å². The topological polar surface area (TPSA) is 35.5 Å². The number of carbonyl (C=O) groups excluding carboxylic acids is 1. The zero-order chi connectivity index (χ0) is 11.3. The first-order valence-electron chi connectivity index (χ1n) is 4.67. The van der Waals surface area contributed by atoms with Gasteiger partial charge < -0.3 is 9.47 Å². The molecule has 0 saturated heterocycles. The summed E-state index contributed by atoms with van der Waals surface area (Å²) in [6, 6.07) is 7.06. The predicted octanol–water partition coefficient (Wildman–Crippen LogP) is 2.77. The number of halogens is 1. The van der Waals surface area contributed by atoms with Crippen LogP contribution >= 0.6 is 15.9 Å². The first kappa shape index (κ1) is 12.0. The highest BCUT2D eigenvalue weighted by molar-refractivity contribution is 9.10. The van der Waals surface area contributed by atoms with E-state index in [-0.39, 0.29) is 10.8 Å². The second kappa shape index (κ2) is 5.75. The van der Waals surface area contributed by atoms with E-state index in [0.29, 0.717) is 17.9 Å². The molecule has 0 bridgehead atoms. The summed E-state index contributed by atoms with van der Waals surface area (Å²) in [5.41, 5.74) is 0. The van der Waals surface area contributed by atoms with Gasteiger partial charge in [-0.3, -0.25) is 4.79 Å². The molecule has 1 atom stereocenters. The van der Waals surface area contributed by atoms with Crippen LogP contribution in [0.25, 0.3) is 0 Å². The van der Waals surface area contributed by atoms with E-state index in [4.69, 9.17) is 9.47 Å². The van der Waals surface area contributed by atoms with E-state index < -0.39 is 0 Å². The summed E-state index contributed by atoms with van der Waals surface area (Å²) < 4.78 is 10.2. The Kier molecular flexibility index (Phi) is 4.62. The molecule has 1 unspecified atom stereocenters. The fourth-order valence-corrected chi connectivity index (χ4v) is 1.14. The summed E-state index contributed by atoms with van der Waals surface area (Å²) in [4.78, 5) is 11.2. The Bertz CT molecular complexity index is 338. The highest BCUT2D eigenvalue weighted by Gasteiger charge is 2.16. The lowest BCUT2D eigenvalue weighted by molar-refractivity contribution is -0.133. The molecular formula is C11H13BrO3. The SMILES string of the molecule is CCC(Br)C(=O)Oc1ccccc1OC. The van der Waals surface area contributed by atoms with Crippen molar-refractivity contribution in [2.45, 2.75) is 18.2 Å². The Hall–Kier alpha value is -1.03. The third kappa shape index (κ3) is 3.23. The van der Waals surface area contributed by atoms with Crippen LogP contribution in [-0.4, -0.2) is 17.9 Å². The van der Waals surface area contributed by atoms with Crippen molar-refractivity contribution < 1.29 is 14.3 Å². The quantitative estimate of drug-likeness (QED) is 0.480. The molecule has 3 nitrogen and oxygen atoms in total. The van der Waals surface area contributed by atoms with Gasteiger partial charge in [0, 0.05) is 0 Å². The summed E-state index contributed by atoms with van der Waals surface area (Å²) in [6.45, 7) is 1.91. The van der Waals surface area contributed by atoms with Gasteiger partial charge in [-0.2, -0.15) is 0 Å². The van der Waals surface area contributed by atoms with Crippen LogP contribution in [0.15, 0.2) is 24.3 Å². The standard InChI is InChI=1S/C11H13BrO3/c1-3-8(12)11(13)15-10-7-5-4-6-9(10)14-2/h4-8H,3H2,1-2H3. The number of carbonyl (C=O) groups is 1. The summed E-state index contributed by atoms with van der Waals surface area (Å²) in [5.74, 6) is 0.701. The van der Waals surface area contributed by atoms with Gasteiger partial charge in [-0.25, -0.2) is 0 Å². The van der Waals surface area contributed by atoms with Crippen LogP contribution < -0.4 is 9.47 Å². The molecule has 0 spiro atoms. The van der Waals surface area contributed by atoms with Crippen LogP contribution in [0.2, 0.25) is 0 Å². The third-order valence-corrected chi connectivity index (χ3v) is 2.92. The van der Waals surface area contributed by atoms with Crippen molar-refractivity contribution >= 4 is 21.9 Å². The molecule has 4 heteroatoms. The first-order valence-corrected chi connectivity index (χ1v) is 5.59. The number of alkyl halides is 1. The van der Waals surface area contributed by atoms with Gasteiger partial charge in [0.2, 0.25) is 0 Å². The molecule has 0 heterocycles. The molecule has 0 N–H and O–H groups in total. The normalized spacial score (nSPS) is 11.9. The lowest BCUT2D eigenvalue weighted by atomic mass is 10.3. The third-order valence-electron chi connectivity index (χ3n) is 1.89. The van der Waals surface area contributed by atoms with E-state index in [1.54, 1.807) is 18.2 Å². The number of esters is 1. The molecule has 0 aliphatic carbocycles. The zero-order valence-corrected chi connectivity index (χ0v) is 10.3. The van der Waals surface area contributed by atoms with Crippen molar-refractivity contribution in [1.29, 1.82) is 0 Å². The summed E-state index contributed by atoms with van der Waals surface area (Å²) in [6.07, 6.45) is 0.688. The second-order valence-electron chi connectivity index (χ2n) is 2.95. The zero-order valence-electron chi connectivity index (χ0n) is 8.70. The van der Waals surface area contributed by atoms with Crippen molar-refractivity contribution in [3.05, 3.63) is 24.3 Å². The van der Waals surface area contributed by atoms with Crippen molar-refractivity contribution in [2.24, 2.45) is 0 Å². The van der Waals surface area contributed by atoms with Gasteiger partial charge in [0.15, 0.2) is 11.5 Å². The summed E-state index contributed by atoms with van der Waals surface area (Å²) >= 11 is 3.23. The summed E-state index contributed by atoms with van der Waals surface area (Å²) in [5, 5.41) is 0. The van der Waals surface area contributed by atoms with Gasteiger partial charge in [0.25, 0.3) is 0 Å². The Morgan fingerprint density at radius 1 is 1.40 bits per heavy atom. The number of rotatable bonds is 4. The van der Waals surface area contributed by atoms with E-state index in [1.165, 1.54) is 7.11 Å². The molecule has 0 saturated carbocycles. The molecule has 82 valence electrons. The number of methoxy groups -OCH3 is 1. The van der Waals surface area contributed by atoms with Crippen LogP contribution in [0, 0.1) is 0 Å². The smallest absolute Gasteiger partial charge is 0.325 e. The Morgan fingerprint density at radius 3 is 2.53 bits per heavy atom. The Morgan fingerprint density at radius 2 is 2.00 bits per heavy atom. The molecule has 1 aromatic carbocycles. The maximum atomic E-state index is 11.5. The van der Waals surface area contributed by atoms with Gasteiger partial charge in [-0.15, -0.1) is 0 Å². The number of ether oxygens (including phenoxy) is 2. The minimum Gasteiger partial charge on any atom is -0.493 e. The van der Waals surface area contributed by atoms with E-state index >= 15 is 0 Å². The number of benzene rings is 1.